The minimum absolute atomic E-state index is 0.649. The Labute approximate surface area is 147 Å². The second-order valence-electron chi connectivity index (χ2n) is 8.95. The predicted octanol–water partition coefficient (Wildman–Crippen LogP) is 5.66. The Hall–Kier alpha value is -1.29. The summed E-state index contributed by atoms with van der Waals surface area (Å²) < 4.78 is 0. The van der Waals surface area contributed by atoms with E-state index in [9.17, 15) is 0 Å². The maximum absolute atomic E-state index is 5.66. The molecule has 0 amide bonds. The average molecular weight is 321 g/mol. The molecule has 4 saturated carbocycles. The van der Waals surface area contributed by atoms with Gasteiger partial charge >= 0.3 is 0 Å². The molecule has 4 aliphatic carbocycles. The zero-order valence-electron chi connectivity index (χ0n) is 14.8. The summed E-state index contributed by atoms with van der Waals surface area (Å²) in [6.45, 7) is 0. The van der Waals surface area contributed by atoms with Crippen molar-refractivity contribution in [1.82, 2.24) is 4.98 Å². The Bertz CT molecular complexity index is 547. The van der Waals surface area contributed by atoms with Crippen LogP contribution in [0.25, 0.3) is 0 Å². The molecule has 1 heteroatoms. The van der Waals surface area contributed by atoms with Gasteiger partial charge in [-0.1, -0.05) is 0 Å². The van der Waals surface area contributed by atoms with Crippen LogP contribution in [-0.4, -0.2) is 4.98 Å². The van der Waals surface area contributed by atoms with E-state index < -0.39 is 0 Å². The lowest BCUT2D eigenvalue weighted by molar-refractivity contribution is -0.0599. The van der Waals surface area contributed by atoms with Gasteiger partial charge < -0.3 is 0 Å². The monoisotopic (exact) mass is 320 g/mol. The number of hydrogen-bond acceptors (Lipinski definition) is 1. The van der Waals surface area contributed by atoms with Gasteiger partial charge in [0.2, 0.25) is 0 Å². The highest BCUT2D eigenvalue weighted by Gasteiger charge is 2.50. The smallest absolute Gasteiger partial charge is 0.0270 e. The van der Waals surface area contributed by atoms with Crippen LogP contribution in [0, 0.1) is 47.9 Å². The molecule has 24 heavy (non-hydrogen) atoms. The van der Waals surface area contributed by atoms with Crippen LogP contribution in [0.4, 0.5) is 0 Å². The van der Waals surface area contributed by atoms with E-state index >= 15 is 0 Å². The van der Waals surface area contributed by atoms with Gasteiger partial charge in [-0.3, -0.25) is 4.98 Å². The van der Waals surface area contributed by atoms with E-state index in [0.717, 1.165) is 30.6 Å². The Morgan fingerprint density at radius 1 is 1.12 bits per heavy atom. The van der Waals surface area contributed by atoms with Crippen molar-refractivity contribution in [3.8, 4) is 12.3 Å². The summed E-state index contributed by atoms with van der Waals surface area (Å²) in [6.07, 6.45) is 25.7. The number of nitrogens with zero attached hydrogens (tertiary/aromatic N) is 1. The van der Waals surface area contributed by atoms with E-state index in [1.54, 1.807) is 19.3 Å². The van der Waals surface area contributed by atoms with Crippen LogP contribution in [0.3, 0.4) is 0 Å². The van der Waals surface area contributed by atoms with Crippen LogP contribution in [0.15, 0.2) is 24.5 Å². The summed E-state index contributed by atoms with van der Waals surface area (Å²) in [6, 6.07) is 4.18. The molecule has 1 unspecified atom stereocenters. The zero-order chi connectivity index (χ0) is 16.4. The van der Waals surface area contributed by atoms with E-state index in [0.29, 0.717) is 11.3 Å². The molecule has 5 rings (SSSR count). The zero-order valence-corrected chi connectivity index (χ0v) is 14.8. The van der Waals surface area contributed by atoms with E-state index in [-0.39, 0.29) is 0 Å². The fourth-order valence-corrected chi connectivity index (χ4v) is 6.38. The Morgan fingerprint density at radius 2 is 1.75 bits per heavy atom. The molecule has 0 spiro atoms. The summed E-state index contributed by atoms with van der Waals surface area (Å²) in [4.78, 5) is 4.10. The second-order valence-corrected chi connectivity index (χ2v) is 8.95. The van der Waals surface area contributed by atoms with Crippen molar-refractivity contribution in [3.05, 3.63) is 36.5 Å². The fourth-order valence-electron chi connectivity index (χ4n) is 6.38. The second kappa shape index (κ2) is 6.91. The van der Waals surface area contributed by atoms with Gasteiger partial charge in [-0.15, -0.1) is 12.3 Å². The van der Waals surface area contributed by atoms with Crippen LogP contribution in [-0.2, 0) is 0 Å². The number of hydrogen-bond donors (Lipinski definition) is 0. The van der Waals surface area contributed by atoms with E-state index in [4.69, 9.17) is 6.42 Å². The lowest BCUT2D eigenvalue weighted by atomic mass is 9.48. The van der Waals surface area contributed by atoms with Crippen LogP contribution in [0.1, 0.15) is 69.8 Å². The molecule has 1 heterocycles. The van der Waals surface area contributed by atoms with Gasteiger partial charge in [-0.2, -0.15) is 0 Å². The maximum atomic E-state index is 5.66. The third-order valence-electron chi connectivity index (χ3n) is 7.05. The van der Waals surface area contributed by atoms with Crippen LogP contribution < -0.4 is 0 Å². The summed E-state index contributed by atoms with van der Waals surface area (Å²) >= 11 is 0. The average Bonchev–Trinajstić information content (AvgIpc) is 2.57. The van der Waals surface area contributed by atoms with E-state index in [1.165, 1.54) is 37.7 Å². The van der Waals surface area contributed by atoms with Crippen molar-refractivity contribution in [3.63, 3.8) is 0 Å². The largest absolute Gasteiger partial charge is 0.265 e. The van der Waals surface area contributed by atoms with Crippen LogP contribution in [0.5, 0.6) is 0 Å². The summed E-state index contributed by atoms with van der Waals surface area (Å²) in [5, 5.41) is 0. The molecule has 4 fully saturated rings. The van der Waals surface area contributed by atoms with Crippen molar-refractivity contribution < 1.29 is 0 Å². The van der Waals surface area contributed by atoms with Crippen molar-refractivity contribution in [2.24, 2.45) is 29.1 Å². The first-order chi connectivity index (χ1) is 11.7. The van der Waals surface area contributed by atoms with E-state index in [2.05, 4.69) is 29.5 Å². The van der Waals surface area contributed by atoms with Gasteiger partial charge in [-0.05, 0) is 111 Å². The van der Waals surface area contributed by atoms with Crippen molar-refractivity contribution in [2.45, 2.75) is 64.2 Å². The standard InChI is InChI=1S/C23H30N/c1-2-3-18(4-5-19-7-10-24-11-8-19)6-9-23-15-20-12-21(16-23)14-22(13-20)17-23/h1,5,7-8,10-11,18,20-22H,3-4,6,9,12-17H2. The summed E-state index contributed by atoms with van der Waals surface area (Å²) in [5.41, 5.74) is 1.97. The Kier molecular flexibility index (Phi) is 4.66. The molecule has 127 valence electrons. The first-order valence-corrected chi connectivity index (χ1v) is 9.91. The minimum atomic E-state index is 0.649. The lowest BCUT2D eigenvalue weighted by Gasteiger charge is -2.57. The molecule has 0 aromatic carbocycles. The molecule has 1 aromatic rings. The SMILES string of the molecule is C#CCC(C[CH]c1ccncc1)CCC12CC3CC(CC(C3)C1)C2. The van der Waals surface area contributed by atoms with Crippen LogP contribution in [0.2, 0.25) is 0 Å². The normalized spacial score (nSPS) is 34.9. The van der Waals surface area contributed by atoms with Crippen molar-refractivity contribution >= 4 is 0 Å². The lowest BCUT2D eigenvalue weighted by Crippen LogP contribution is -2.46. The molecule has 4 bridgehead atoms. The maximum Gasteiger partial charge on any atom is 0.0270 e. The summed E-state index contributed by atoms with van der Waals surface area (Å²) in [7, 11) is 0. The third-order valence-corrected chi connectivity index (χ3v) is 7.05. The molecule has 0 N–H and O–H groups in total. The Morgan fingerprint density at radius 3 is 2.33 bits per heavy atom. The molecule has 1 radical (unpaired) electrons. The number of aromatic nitrogens is 1. The molecular weight excluding hydrogens is 290 g/mol. The number of pyridine rings is 1. The number of terminal acetylenes is 1. The van der Waals surface area contributed by atoms with Gasteiger partial charge in [0.1, 0.15) is 0 Å². The highest BCUT2D eigenvalue weighted by molar-refractivity contribution is 5.19. The topological polar surface area (TPSA) is 12.9 Å². The number of rotatable bonds is 7. The van der Waals surface area contributed by atoms with Gasteiger partial charge in [-0.25, -0.2) is 0 Å². The first-order valence-electron chi connectivity index (χ1n) is 9.91. The minimum Gasteiger partial charge on any atom is -0.265 e. The third kappa shape index (κ3) is 3.53. The molecule has 0 saturated heterocycles. The van der Waals surface area contributed by atoms with Gasteiger partial charge in [0, 0.05) is 18.8 Å². The molecule has 1 nitrogen and oxygen atoms in total. The fraction of sp³-hybridized carbons (Fsp3) is 0.652. The van der Waals surface area contributed by atoms with Gasteiger partial charge in [0.15, 0.2) is 0 Å². The molecule has 0 aliphatic heterocycles. The highest BCUT2D eigenvalue weighted by atomic mass is 14.6. The quantitative estimate of drug-likeness (QED) is 0.591. The highest BCUT2D eigenvalue weighted by Crippen LogP contribution is 2.61. The van der Waals surface area contributed by atoms with Crippen molar-refractivity contribution in [2.75, 3.05) is 0 Å². The predicted molar refractivity (Wildman–Crippen MR) is 99.0 cm³/mol. The summed E-state index contributed by atoms with van der Waals surface area (Å²) in [5.74, 6) is 6.76. The van der Waals surface area contributed by atoms with Gasteiger partial charge in [0.05, 0.1) is 0 Å². The molecule has 4 aliphatic rings. The molecule has 1 aromatic heterocycles. The molecular formula is C23H30N. The van der Waals surface area contributed by atoms with E-state index in [1.807, 2.05) is 12.4 Å². The van der Waals surface area contributed by atoms with Gasteiger partial charge in [0.25, 0.3) is 0 Å². The van der Waals surface area contributed by atoms with Crippen LogP contribution >= 0.6 is 0 Å². The molecule has 1 atom stereocenters. The van der Waals surface area contributed by atoms with Crippen molar-refractivity contribution in [1.29, 1.82) is 0 Å². The Balaban J connectivity index is 1.33. The first kappa shape index (κ1) is 16.2.